The fraction of sp³-hybridized carbons (Fsp3) is 0.455. The van der Waals surface area contributed by atoms with E-state index in [4.69, 9.17) is 0 Å². The van der Waals surface area contributed by atoms with Gasteiger partial charge < -0.3 is 0 Å². The van der Waals surface area contributed by atoms with Crippen molar-refractivity contribution < 1.29 is 25.6 Å². The van der Waals surface area contributed by atoms with Crippen LogP contribution in [0.4, 0.5) is 14.5 Å². The molecule has 2 N–H and O–H groups in total. The van der Waals surface area contributed by atoms with Crippen molar-refractivity contribution in [2.24, 2.45) is 17.8 Å². The second-order valence-corrected chi connectivity index (χ2v) is 12.9. The summed E-state index contributed by atoms with van der Waals surface area (Å²) in [5.41, 5.74) is -0.260. The van der Waals surface area contributed by atoms with Gasteiger partial charge in [-0.1, -0.05) is 0 Å². The number of hydrogen-bond acceptors (Lipinski definition) is 4. The Kier molecular flexibility index (Phi) is 5.10. The summed E-state index contributed by atoms with van der Waals surface area (Å²) in [5, 5.41) is 0. The average molecular weight is 483 g/mol. The van der Waals surface area contributed by atoms with Crippen molar-refractivity contribution in [3.05, 3.63) is 54.1 Å². The summed E-state index contributed by atoms with van der Waals surface area (Å²) >= 11 is 0. The summed E-state index contributed by atoms with van der Waals surface area (Å²) in [6.07, 6.45) is 6.24. The van der Waals surface area contributed by atoms with Gasteiger partial charge in [-0.15, -0.1) is 0 Å². The SMILES string of the molecule is O=S(=O)(Nc1ccc(S(=O)(=O)NC23CC4CC(CC(C4)C2)C3)cc1)c1ccc(F)c(F)c1. The third-order valence-corrected chi connectivity index (χ3v) is 9.98. The Labute approximate surface area is 186 Å². The average Bonchev–Trinajstić information content (AvgIpc) is 2.68. The Hall–Kier alpha value is -2.04. The van der Waals surface area contributed by atoms with Crippen LogP contribution in [0.15, 0.2) is 52.3 Å². The maximum Gasteiger partial charge on any atom is 0.261 e. The lowest BCUT2D eigenvalue weighted by atomic mass is 9.53. The molecule has 4 fully saturated rings. The fourth-order valence-electron chi connectivity index (χ4n) is 6.14. The van der Waals surface area contributed by atoms with Gasteiger partial charge in [0, 0.05) is 11.2 Å². The maximum absolute atomic E-state index is 13.4. The molecule has 6 rings (SSSR count). The van der Waals surface area contributed by atoms with Gasteiger partial charge in [0.15, 0.2) is 11.6 Å². The van der Waals surface area contributed by atoms with E-state index in [0.29, 0.717) is 23.8 Å². The second-order valence-electron chi connectivity index (χ2n) is 9.51. The molecule has 2 aromatic carbocycles. The first-order valence-corrected chi connectivity index (χ1v) is 13.6. The van der Waals surface area contributed by atoms with Crippen molar-refractivity contribution >= 4 is 25.7 Å². The normalized spacial score (nSPS) is 29.2. The smallest absolute Gasteiger partial charge is 0.261 e. The van der Waals surface area contributed by atoms with Gasteiger partial charge >= 0.3 is 0 Å². The molecule has 0 unspecified atom stereocenters. The molecule has 0 radical (unpaired) electrons. The van der Waals surface area contributed by atoms with Gasteiger partial charge in [0.2, 0.25) is 10.0 Å². The molecule has 4 saturated carbocycles. The molecule has 10 heteroatoms. The van der Waals surface area contributed by atoms with Crippen LogP contribution in [0.3, 0.4) is 0 Å². The Bertz CT molecular complexity index is 1230. The molecular weight excluding hydrogens is 458 g/mol. The number of nitrogens with one attached hydrogen (secondary N) is 2. The molecule has 0 amide bonds. The van der Waals surface area contributed by atoms with E-state index in [1.807, 2.05) is 0 Å². The Morgan fingerprint density at radius 1 is 0.719 bits per heavy atom. The van der Waals surface area contributed by atoms with E-state index in [1.54, 1.807) is 0 Å². The molecule has 4 aliphatic carbocycles. The lowest BCUT2D eigenvalue weighted by Gasteiger charge is -2.56. The Morgan fingerprint density at radius 3 is 1.78 bits per heavy atom. The lowest BCUT2D eigenvalue weighted by molar-refractivity contribution is -0.00810. The number of sulfonamides is 2. The number of hydrogen-bond donors (Lipinski definition) is 2. The highest BCUT2D eigenvalue weighted by Crippen LogP contribution is 2.56. The first-order valence-electron chi connectivity index (χ1n) is 10.7. The first-order chi connectivity index (χ1) is 15.0. The molecule has 0 heterocycles. The van der Waals surface area contributed by atoms with E-state index in [9.17, 15) is 25.6 Å². The summed E-state index contributed by atoms with van der Waals surface area (Å²) in [5.74, 6) is -0.638. The lowest BCUT2D eigenvalue weighted by Crippen LogP contribution is -2.59. The number of halogens is 2. The minimum absolute atomic E-state index is 0.0593. The van der Waals surface area contributed by atoms with Gasteiger partial charge in [0.25, 0.3) is 10.0 Å². The highest BCUT2D eigenvalue weighted by atomic mass is 32.2. The van der Waals surface area contributed by atoms with Crippen LogP contribution in [0.25, 0.3) is 0 Å². The summed E-state index contributed by atoms with van der Waals surface area (Å²) in [7, 11) is -7.92. The highest BCUT2D eigenvalue weighted by molar-refractivity contribution is 7.92. The van der Waals surface area contributed by atoms with Crippen molar-refractivity contribution in [3.63, 3.8) is 0 Å². The molecule has 172 valence electrons. The number of rotatable bonds is 6. The van der Waals surface area contributed by atoms with Gasteiger partial charge in [0.1, 0.15) is 0 Å². The maximum atomic E-state index is 13.4. The topological polar surface area (TPSA) is 92.3 Å². The van der Waals surface area contributed by atoms with E-state index in [-0.39, 0.29) is 16.1 Å². The first kappa shape index (κ1) is 21.8. The summed E-state index contributed by atoms with van der Waals surface area (Å²) in [4.78, 5) is -0.374. The van der Waals surface area contributed by atoms with Crippen molar-refractivity contribution in [3.8, 4) is 0 Å². The van der Waals surface area contributed by atoms with E-state index < -0.39 is 36.6 Å². The van der Waals surface area contributed by atoms with Crippen LogP contribution in [-0.4, -0.2) is 22.4 Å². The van der Waals surface area contributed by atoms with E-state index >= 15 is 0 Å². The third-order valence-electron chi connectivity index (χ3n) is 7.01. The standard InChI is InChI=1S/C22H24F2N2O4S2/c23-20-6-5-19(10-21(20)24)31(27,28)25-17-1-3-18(4-2-17)32(29,30)26-22-11-14-7-15(12-22)9-16(8-14)13-22/h1-6,10,14-16,25-26H,7-9,11-13H2. The molecule has 2 aromatic rings. The van der Waals surface area contributed by atoms with Gasteiger partial charge in [-0.3, -0.25) is 4.72 Å². The van der Waals surface area contributed by atoms with Crippen LogP contribution in [0, 0.1) is 29.4 Å². The van der Waals surface area contributed by atoms with Crippen molar-refractivity contribution in [1.82, 2.24) is 4.72 Å². The molecule has 0 spiro atoms. The van der Waals surface area contributed by atoms with Gasteiger partial charge in [0.05, 0.1) is 9.79 Å². The van der Waals surface area contributed by atoms with Gasteiger partial charge in [-0.2, -0.15) is 0 Å². The summed E-state index contributed by atoms with van der Waals surface area (Å²) < 4.78 is 82.7. The molecule has 4 bridgehead atoms. The monoisotopic (exact) mass is 482 g/mol. The predicted molar refractivity (Wildman–Crippen MR) is 115 cm³/mol. The molecule has 0 aromatic heterocycles. The molecule has 0 atom stereocenters. The van der Waals surface area contributed by atoms with Crippen LogP contribution in [0.5, 0.6) is 0 Å². The van der Waals surface area contributed by atoms with Crippen LogP contribution in [-0.2, 0) is 20.0 Å². The molecule has 32 heavy (non-hydrogen) atoms. The second kappa shape index (κ2) is 7.50. The Balaban J connectivity index is 1.32. The molecule has 4 aliphatic rings. The zero-order chi connectivity index (χ0) is 22.7. The molecule has 0 saturated heterocycles. The third kappa shape index (κ3) is 4.04. The van der Waals surface area contributed by atoms with Crippen LogP contribution in [0.1, 0.15) is 38.5 Å². The van der Waals surface area contributed by atoms with Crippen molar-refractivity contribution in [2.45, 2.75) is 53.9 Å². The van der Waals surface area contributed by atoms with Gasteiger partial charge in [-0.05, 0) is 98.7 Å². The molecule has 0 aliphatic heterocycles. The van der Waals surface area contributed by atoms with E-state index in [0.717, 1.165) is 31.4 Å². The number of benzene rings is 2. The van der Waals surface area contributed by atoms with Gasteiger partial charge in [-0.25, -0.2) is 30.3 Å². The van der Waals surface area contributed by atoms with Crippen molar-refractivity contribution in [1.29, 1.82) is 0 Å². The summed E-state index contributed by atoms with van der Waals surface area (Å²) in [6.45, 7) is 0. The van der Waals surface area contributed by atoms with E-state index in [1.165, 1.54) is 43.5 Å². The fourth-order valence-corrected chi connectivity index (χ4v) is 8.64. The van der Waals surface area contributed by atoms with Crippen LogP contribution < -0.4 is 9.44 Å². The largest absolute Gasteiger partial charge is 0.280 e. The summed E-state index contributed by atoms with van der Waals surface area (Å²) in [6, 6.07) is 7.63. The predicted octanol–water partition coefficient (Wildman–Crippen LogP) is 4.01. The van der Waals surface area contributed by atoms with Crippen molar-refractivity contribution in [2.75, 3.05) is 4.72 Å². The van der Waals surface area contributed by atoms with Crippen LogP contribution >= 0.6 is 0 Å². The highest BCUT2D eigenvalue weighted by Gasteiger charge is 2.52. The molecule has 6 nitrogen and oxygen atoms in total. The zero-order valence-electron chi connectivity index (χ0n) is 17.2. The quantitative estimate of drug-likeness (QED) is 0.651. The molecular formula is C22H24F2N2O4S2. The Morgan fingerprint density at radius 2 is 1.25 bits per heavy atom. The number of anilines is 1. The minimum atomic E-state index is -4.16. The zero-order valence-corrected chi connectivity index (χ0v) is 18.9. The van der Waals surface area contributed by atoms with E-state index in [2.05, 4.69) is 9.44 Å². The van der Waals surface area contributed by atoms with Crippen LogP contribution in [0.2, 0.25) is 0 Å². The minimum Gasteiger partial charge on any atom is -0.280 e.